The molecule has 1 aromatic rings. The van der Waals surface area contributed by atoms with Gasteiger partial charge < -0.3 is 14.4 Å². The lowest BCUT2D eigenvalue weighted by molar-refractivity contribution is 0.0874. The Morgan fingerprint density at radius 3 is 3.00 bits per heavy atom. The molecule has 0 aliphatic heterocycles. The lowest BCUT2D eigenvalue weighted by Crippen LogP contribution is -2.16. The van der Waals surface area contributed by atoms with Gasteiger partial charge in [0.1, 0.15) is 5.82 Å². The van der Waals surface area contributed by atoms with E-state index in [9.17, 15) is 5.11 Å². The zero-order valence-electron chi connectivity index (χ0n) is 9.52. The molecule has 0 bridgehead atoms. The summed E-state index contributed by atoms with van der Waals surface area (Å²) in [6.45, 7) is 6.24. The van der Waals surface area contributed by atoms with Gasteiger partial charge in [-0.15, -0.1) is 0 Å². The first-order valence-corrected chi connectivity index (χ1v) is 5.53. The predicted octanol–water partition coefficient (Wildman–Crippen LogP) is 1.23. The van der Waals surface area contributed by atoms with Crippen molar-refractivity contribution in [3.8, 4) is 0 Å². The summed E-state index contributed by atoms with van der Waals surface area (Å²) in [5.41, 5.74) is 0. The van der Waals surface area contributed by atoms with Gasteiger partial charge in [-0.2, -0.15) is 0 Å². The van der Waals surface area contributed by atoms with Crippen molar-refractivity contribution in [3.05, 3.63) is 18.2 Å². The highest BCUT2D eigenvalue weighted by Gasteiger charge is 2.09. The van der Waals surface area contributed by atoms with Crippen LogP contribution in [-0.2, 0) is 17.7 Å². The Bertz CT molecular complexity index is 273. The molecule has 1 aromatic heterocycles. The lowest BCUT2D eigenvalue weighted by Gasteiger charge is -2.11. The molecule has 0 amide bonds. The van der Waals surface area contributed by atoms with E-state index in [1.165, 1.54) is 0 Å². The average molecular weight is 212 g/mol. The quantitative estimate of drug-likeness (QED) is 0.692. The third-order valence-electron chi connectivity index (χ3n) is 2.36. The van der Waals surface area contributed by atoms with Gasteiger partial charge in [-0.3, -0.25) is 0 Å². The van der Waals surface area contributed by atoms with Crippen molar-refractivity contribution in [1.82, 2.24) is 9.55 Å². The van der Waals surface area contributed by atoms with E-state index in [2.05, 4.69) is 11.9 Å². The Balaban J connectivity index is 2.33. The standard InChI is InChI=1S/C11H20N2O2/c1-3-13-7-6-12-11(13)9-10(14)5-8-15-4-2/h6-7,10,14H,3-5,8-9H2,1-2H3. The highest BCUT2D eigenvalue weighted by molar-refractivity contribution is 4.93. The molecule has 0 saturated heterocycles. The van der Waals surface area contributed by atoms with Crippen LogP contribution < -0.4 is 0 Å². The third kappa shape index (κ3) is 4.01. The molecule has 0 aliphatic rings. The molecule has 0 aliphatic carbocycles. The Labute approximate surface area is 90.9 Å². The number of ether oxygens (including phenoxy) is 1. The molecule has 1 atom stereocenters. The number of aliphatic hydroxyl groups is 1. The molecule has 4 heteroatoms. The van der Waals surface area contributed by atoms with Gasteiger partial charge in [0.25, 0.3) is 0 Å². The first-order valence-electron chi connectivity index (χ1n) is 5.53. The van der Waals surface area contributed by atoms with Gasteiger partial charge in [-0.1, -0.05) is 0 Å². The zero-order valence-corrected chi connectivity index (χ0v) is 9.52. The van der Waals surface area contributed by atoms with Crippen LogP contribution in [0.5, 0.6) is 0 Å². The smallest absolute Gasteiger partial charge is 0.111 e. The number of aliphatic hydroxyl groups excluding tert-OH is 1. The van der Waals surface area contributed by atoms with E-state index in [1.807, 2.05) is 17.7 Å². The van der Waals surface area contributed by atoms with E-state index in [1.54, 1.807) is 6.20 Å². The van der Waals surface area contributed by atoms with E-state index in [-0.39, 0.29) is 6.10 Å². The molecule has 0 radical (unpaired) electrons. The number of aryl methyl sites for hydroxylation is 1. The summed E-state index contributed by atoms with van der Waals surface area (Å²) in [4.78, 5) is 4.22. The fourth-order valence-electron chi connectivity index (χ4n) is 1.49. The van der Waals surface area contributed by atoms with Gasteiger partial charge in [0.05, 0.1) is 6.10 Å². The number of nitrogens with zero attached hydrogens (tertiary/aromatic N) is 2. The van der Waals surface area contributed by atoms with E-state index in [0.717, 1.165) is 12.4 Å². The van der Waals surface area contributed by atoms with Crippen molar-refractivity contribution < 1.29 is 9.84 Å². The van der Waals surface area contributed by atoms with E-state index in [4.69, 9.17) is 4.74 Å². The molecule has 1 unspecified atom stereocenters. The van der Waals surface area contributed by atoms with Crippen molar-refractivity contribution >= 4 is 0 Å². The second kappa shape index (κ2) is 6.58. The van der Waals surface area contributed by atoms with E-state index in [0.29, 0.717) is 26.1 Å². The van der Waals surface area contributed by atoms with Crippen molar-refractivity contribution in [3.63, 3.8) is 0 Å². The van der Waals surface area contributed by atoms with Gasteiger partial charge in [-0.05, 0) is 20.3 Å². The molecular weight excluding hydrogens is 192 g/mol. The van der Waals surface area contributed by atoms with Crippen LogP contribution in [0, 0.1) is 0 Å². The number of hydrogen-bond donors (Lipinski definition) is 1. The van der Waals surface area contributed by atoms with Crippen LogP contribution in [0.2, 0.25) is 0 Å². The second-order valence-corrected chi connectivity index (χ2v) is 3.47. The molecule has 86 valence electrons. The largest absolute Gasteiger partial charge is 0.393 e. The molecule has 0 fully saturated rings. The molecular formula is C11H20N2O2. The monoisotopic (exact) mass is 212 g/mol. The maximum atomic E-state index is 9.73. The third-order valence-corrected chi connectivity index (χ3v) is 2.36. The molecule has 0 spiro atoms. The minimum Gasteiger partial charge on any atom is -0.393 e. The minimum atomic E-state index is -0.357. The van der Waals surface area contributed by atoms with Crippen LogP contribution in [0.3, 0.4) is 0 Å². The number of imidazole rings is 1. The first-order chi connectivity index (χ1) is 7.27. The van der Waals surface area contributed by atoms with Crippen LogP contribution in [0.4, 0.5) is 0 Å². The fourth-order valence-corrected chi connectivity index (χ4v) is 1.49. The summed E-state index contributed by atoms with van der Waals surface area (Å²) in [6.07, 6.45) is 4.63. The highest BCUT2D eigenvalue weighted by atomic mass is 16.5. The number of aromatic nitrogens is 2. The number of hydrogen-bond acceptors (Lipinski definition) is 3. The van der Waals surface area contributed by atoms with Crippen molar-refractivity contribution in [2.75, 3.05) is 13.2 Å². The van der Waals surface area contributed by atoms with Crippen LogP contribution >= 0.6 is 0 Å². The minimum absolute atomic E-state index is 0.357. The normalized spacial score (nSPS) is 13.0. The topological polar surface area (TPSA) is 47.3 Å². The summed E-state index contributed by atoms with van der Waals surface area (Å²) in [5.74, 6) is 0.946. The van der Waals surface area contributed by atoms with Gasteiger partial charge in [-0.25, -0.2) is 4.98 Å². The molecule has 0 saturated carbocycles. The zero-order chi connectivity index (χ0) is 11.1. The molecule has 4 nitrogen and oxygen atoms in total. The summed E-state index contributed by atoms with van der Waals surface area (Å²) in [6, 6.07) is 0. The van der Waals surface area contributed by atoms with Crippen LogP contribution in [-0.4, -0.2) is 34.0 Å². The van der Waals surface area contributed by atoms with Crippen molar-refractivity contribution in [1.29, 1.82) is 0 Å². The van der Waals surface area contributed by atoms with Gasteiger partial charge in [0, 0.05) is 38.6 Å². The molecule has 1 rings (SSSR count). The Morgan fingerprint density at radius 1 is 1.53 bits per heavy atom. The summed E-state index contributed by atoms with van der Waals surface area (Å²) < 4.78 is 7.24. The van der Waals surface area contributed by atoms with Gasteiger partial charge in [0.15, 0.2) is 0 Å². The van der Waals surface area contributed by atoms with Gasteiger partial charge in [0.2, 0.25) is 0 Å². The van der Waals surface area contributed by atoms with Crippen molar-refractivity contribution in [2.45, 2.75) is 39.3 Å². The second-order valence-electron chi connectivity index (χ2n) is 3.47. The Morgan fingerprint density at radius 2 is 2.33 bits per heavy atom. The van der Waals surface area contributed by atoms with Crippen LogP contribution in [0.1, 0.15) is 26.1 Å². The molecule has 15 heavy (non-hydrogen) atoms. The fraction of sp³-hybridized carbons (Fsp3) is 0.727. The van der Waals surface area contributed by atoms with E-state index < -0.39 is 0 Å². The van der Waals surface area contributed by atoms with Crippen molar-refractivity contribution in [2.24, 2.45) is 0 Å². The maximum Gasteiger partial charge on any atom is 0.111 e. The van der Waals surface area contributed by atoms with Crippen LogP contribution in [0.25, 0.3) is 0 Å². The Kier molecular flexibility index (Phi) is 5.36. The van der Waals surface area contributed by atoms with E-state index >= 15 is 0 Å². The lowest BCUT2D eigenvalue weighted by atomic mass is 10.2. The SMILES string of the molecule is CCOCCC(O)Cc1nccn1CC. The average Bonchev–Trinajstić information content (AvgIpc) is 2.65. The summed E-state index contributed by atoms with van der Waals surface area (Å²) in [7, 11) is 0. The predicted molar refractivity (Wildman–Crippen MR) is 58.7 cm³/mol. The van der Waals surface area contributed by atoms with Gasteiger partial charge >= 0.3 is 0 Å². The Hall–Kier alpha value is -0.870. The first kappa shape index (κ1) is 12.2. The number of rotatable bonds is 7. The molecule has 1 N–H and O–H groups in total. The highest BCUT2D eigenvalue weighted by Crippen LogP contribution is 2.04. The summed E-state index contributed by atoms with van der Waals surface area (Å²) in [5, 5.41) is 9.73. The van der Waals surface area contributed by atoms with Crippen LogP contribution in [0.15, 0.2) is 12.4 Å². The summed E-state index contributed by atoms with van der Waals surface area (Å²) >= 11 is 0. The maximum absolute atomic E-state index is 9.73. The molecule has 1 heterocycles. The molecule has 0 aromatic carbocycles.